The van der Waals surface area contributed by atoms with Crippen molar-refractivity contribution >= 4 is 0 Å². The number of rotatable bonds is 1. The fourth-order valence-corrected chi connectivity index (χ4v) is 8.97. The number of hydrogen-bond donors (Lipinski definition) is 1. The lowest BCUT2D eigenvalue weighted by Crippen LogP contribution is -2.57. The van der Waals surface area contributed by atoms with Gasteiger partial charge in [0.05, 0.1) is 0 Å². The Balaban J connectivity index is 1.54. The summed E-state index contributed by atoms with van der Waals surface area (Å²) in [6, 6.07) is 0. The quantitative estimate of drug-likeness (QED) is 0.745. The van der Waals surface area contributed by atoms with Gasteiger partial charge in [-0.05, 0) is 84.9 Å². The van der Waals surface area contributed by atoms with Crippen molar-refractivity contribution in [2.75, 3.05) is 6.61 Å². The van der Waals surface area contributed by atoms with Crippen LogP contribution in [0.1, 0.15) is 72.1 Å². The van der Waals surface area contributed by atoms with Crippen molar-refractivity contribution < 1.29 is 5.11 Å². The van der Waals surface area contributed by atoms with Gasteiger partial charge in [0.25, 0.3) is 0 Å². The van der Waals surface area contributed by atoms with Crippen LogP contribution in [0.15, 0.2) is 0 Å². The van der Waals surface area contributed by atoms with Crippen molar-refractivity contribution in [3.63, 3.8) is 0 Å². The van der Waals surface area contributed by atoms with Crippen LogP contribution < -0.4 is 0 Å². The summed E-state index contributed by atoms with van der Waals surface area (Å²) in [5.41, 5.74) is 2.21. The number of aliphatic hydroxyl groups is 1. The average molecular weight is 288 g/mol. The molecular weight excluding hydrogens is 256 g/mol. The van der Waals surface area contributed by atoms with E-state index in [1.165, 1.54) is 51.4 Å². The Bertz CT molecular complexity index is 496. The summed E-state index contributed by atoms with van der Waals surface area (Å²) in [6.45, 7) is 8.26. The second kappa shape index (κ2) is 3.55. The van der Waals surface area contributed by atoms with Crippen LogP contribution in [-0.4, -0.2) is 11.7 Å². The van der Waals surface area contributed by atoms with Gasteiger partial charge < -0.3 is 5.11 Å². The maximum Gasteiger partial charge on any atom is 0.0493 e. The number of hydrogen-bond acceptors (Lipinski definition) is 1. The van der Waals surface area contributed by atoms with Gasteiger partial charge in [-0.25, -0.2) is 0 Å². The van der Waals surface area contributed by atoms with Crippen LogP contribution >= 0.6 is 0 Å². The predicted octanol–water partition coefficient (Wildman–Crippen LogP) is 4.64. The third kappa shape index (κ3) is 1.32. The molecule has 1 nitrogen and oxygen atoms in total. The van der Waals surface area contributed by atoms with E-state index in [1.54, 1.807) is 0 Å². The van der Waals surface area contributed by atoms with E-state index in [4.69, 9.17) is 0 Å². The molecule has 6 aliphatic rings. The van der Waals surface area contributed by atoms with Gasteiger partial charge in [0.1, 0.15) is 0 Å². The zero-order valence-electron chi connectivity index (χ0n) is 14.1. The smallest absolute Gasteiger partial charge is 0.0493 e. The molecule has 0 radical (unpaired) electrons. The summed E-state index contributed by atoms with van der Waals surface area (Å²) in [6.07, 6.45) is 11.7. The van der Waals surface area contributed by atoms with Gasteiger partial charge in [0.2, 0.25) is 0 Å². The van der Waals surface area contributed by atoms with Gasteiger partial charge >= 0.3 is 0 Å². The van der Waals surface area contributed by atoms with E-state index in [1.807, 2.05) is 0 Å². The Morgan fingerprint density at radius 1 is 1.00 bits per heavy atom. The summed E-state index contributed by atoms with van der Waals surface area (Å²) in [5, 5.41) is 9.96. The van der Waals surface area contributed by atoms with Crippen molar-refractivity contribution in [3.05, 3.63) is 0 Å². The molecule has 118 valence electrons. The van der Waals surface area contributed by atoms with E-state index in [0.29, 0.717) is 28.3 Å². The molecule has 4 bridgehead atoms. The van der Waals surface area contributed by atoms with E-state index < -0.39 is 0 Å². The van der Waals surface area contributed by atoms with Crippen LogP contribution in [0.5, 0.6) is 0 Å². The topological polar surface area (TPSA) is 20.2 Å². The molecule has 6 aliphatic carbocycles. The number of fused-ring (bicyclic) bond motifs is 1. The van der Waals surface area contributed by atoms with Gasteiger partial charge in [-0.1, -0.05) is 27.2 Å². The first-order valence-electron chi connectivity index (χ1n) is 9.49. The Kier molecular flexibility index (Phi) is 2.27. The summed E-state index contributed by atoms with van der Waals surface area (Å²) < 4.78 is 0. The second-order valence-corrected chi connectivity index (χ2v) is 10.6. The molecule has 6 rings (SSSR count). The molecule has 1 N–H and O–H groups in total. The molecule has 0 saturated heterocycles. The van der Waals surface area contributed by atoms with Crippen LogP contribution in [0.4, 0.5) is 0 Å². The van der Waals surface area contributed by atoms with Gasteiger partial charge in [0.15, 0.2) is 0 Å². The minimum absolute atomic E-state index is 0.407. The molecule has 21 heavy (non-hydrogen) atoms. The fourth-order valence-electron chi connectivity index (χ4n) is 8.97. The molecule has 0 aromatic carbocycles. The van der Waals surface area contributed by atoms with Crippen molar-refractivity contribution in [1.29, 1.82) is 0 Å². The van der Waals surface area contributed by atoms with E-state index in [-0.39, 0.29) is 0 Å². The summed E-state index contributed by atoms with van der Waals surface area (Å²) in [7, 11) is 0. The first kappa shape index (κ1) is 13.4. The molecule has 0 aromatic rings. The molecule has 0 amide bonds. The zero-order chi connectivity index (χ0) is 14.7. The molecule has 0 aliphatic heterocycles. The Hall–Kier alpha value is -0.0400. The molecule has 0 aromatic heterocycles. The Labute approximate surface area is 129 Å². The largest absolute Gasteiger partial charge is 0.396 e. The highest BCUT2D eigenvalue weighted by atomic mass is 16.3. The van der Waals surface area contributed by atoms with Gasteiger partial charge in [-0.2, -0.15) is 0 Å². The molecule has 6 fully saturated rings. The lowest BCUT2D eigenvalue weighted by Gasteiger charge is -2.65. The molecule has 1 spiro atoms. The normalized spacial score (nSPS) is 62.9. The zero-order valence-corrected chi connectivity index (χ0v) is 14.1. The highest BCUT2D eigenvalue weighted by Gasteiger charge is 2.79. The summed E-state index contributed by atoms with van der Waals surface area (Å²) in [5.74, 6) is 3.74. The predicted molar refractivity (Wildman–Crippen MR) is 84.7 cm³/mol. The van der Waals surface area contributed by atoms with Crippen LogP contribution in [0.2, 0.25) is 0 Å². The maximum absolute atomic E-state index is 9.96. The van der Waals surface area contributed by atoms with E-state index in [2.05, 4.69) is 20.8 Å². The Morgan fingerprint density at radius 3 is 2.52 bits per heavy atom. The van der Waals surface area contributed by atoms with Crippen LogP contribution in [0, 0.1) is 45.3 Å². The standard InChI is InChI=1S/C20H32O/c1-17(2)6-4-7-18(3)15(17)5-8-19-10-14-13(9-16(18)19)20(14,11-19)12-21/h13-16,21H,4-12H2,1-3H3/t13-,14+,15-,16+,18-,19+,20+/m1/s1. The fraction of sp³-hybridized carbons (Fsp3) is 1.00. The SMILES string of the molecule is CC1(C)CCC[C@]2(C)[C@@H]1CC[C@@]13C[C@H]4[C@@H](C[C@H]12)[C@@]4(CO)C3. The van der Waals surface area contributed by atoms with Gasteiger partial charge in [-0.3, -0.25) is 0 Å². The lowest BCUT2D eigenvalue weighted by molar-refractivity contribution is -0.162. The lowest BCUT2D eigenvalue weighted by atomic mass is 9.40. The van der Waals surface area contributed by atoms with E-state index in [0.717, 1.165) is 23.7 Å². The van der Waals surface area contributed by atoms with Gasteiger partial charge in [-0.15, -0.1) is 0 Å². The van der Waals surface area contributed by atoms with Crippen molar-refractivity contribution in [2.45, 2.75) is 72.1 Å². The van der Waals surface area contributed by atoms with Gasteiger partial charge in [0, 0.05) is 12.0 Å². The summed E-state index contributed by atoms with van der Waals surface area (Å²) in [4.78, 5) is 0. The van der Waals surface area contributed by atoms with E-state index in [9.17, 15) is 5.11 Å². The first-order chi connectivity index (χ1) is 9.88. The second-order valence-electron chi connectivity index (χ2n) is 10.6. The molecule has 6 saturated carbocycles. The van der Waals surface area contributed by atoms with Crippen LogP contribution in [0.3, 0.4) is 0 Å². The highest BCUT2D eigenvalue weighted by molar-refractivity contribution is 5.28. The third-order valence-electron chi connectivity index (χ3n) is 9.69. The minimum atomic E-state index is 0.407. The van der Waals surface area contributed by atoms with Crippen LogP contribution in [0.25, 0.3) is 0 Å². The van der Waals surface area contributed by atoms with Crippen molar-refractivity contribution in [3.8, 4) is 0 Å². The highest BCUT2D eigenvalue weighted by Crippen LogP contribution is 2.85. The van der Waals surface area contributed by atoms with Crippen molar-refractivity contribution in [2.24, 2.45) is 45.3 Å². The molecule has 0 heterocycles. The monoisotopic (exact) mass is 288 g/mol. The first-order valence-corrected chi connectivity index (χ1v) is 9.49. The summed E-state index contributed by atoms with van der Waals surface area (Å²) >= 11 is 0. The maximum atomic E-state index is 9.96. The molecule has 0 unspecified atom stereocenters. The Morgan fingerprint density at radius 2 is 1.81 bits per heavy atom. The molecular formula is C20H32O. The van der Waals surface area contributed by atoms with Crippen LogP contribution in [-0.2, 0) is 0 Å². The number of aliphatic hydroxyl groups excluding tert-OH is 1. The molecule has 7 atom stereocenters. The minimum Gasteiger partial charge on any atom is -0.396 e. The molecule has 1 heteroatoms. The van der Waals surface area contributed by atoms with Crippen molar-refractivity contribution in [1.82, 2.24) is 0 Å². The third-order valence-corrected chi connectivity index (χ3v) is 9.69. The average Bonchev–Trinajstić information content (AvgIpc) is 2.93. The van der Waals surface area contributed by atoms with E-state index >= 15 is 0 Å².